The SMILES string of the molecule is Cc1ccc(-c2nc(C)c(C(=O)NCCCc3nc(C(C)C)no3)s2)o1. The number of carbonyl (C=O) groups excluding carboxylic acids is 1. The molecule has 0 spiro atoms. The monoisotopic (exact) mass is 374 g/mol. The highest BCUT2D eigenvalue weighted by Gasteiger charge is 2.17. The van der Waals surface area contributed by atoms with Gasteiger partial charge in [-0.3, -0.25) is 4.79 Å². The third-order valence-electron chi connectivity index (χ3n) is 3.81. The molecule has 0 saturated carbocycles. The van der Waals surface area contributed by atoms with Crippen LogP contribution in [0.5, 0.6) is 0 Å². The number of nitrogens with zero attached hydrogens (tertiary/aromatic N) is 3. The number of aromatic nitrogens is 3. The Morgan fingerprint density at radius 2 is 2.08 bits per heavy atom. The lowest BCUT2D eigenvalue weighted by Gasteiger charge is -2.02. The summed E-state index contributed by atoms with van der Waals surface area (Å²) in [6.45, 7) is 8.28. The van der Waals surface area contributed by atoms with Gasteiger partial charge in [0.25, 0.3) is 5.91 Å². The number of hydrogen-bond acceptors (Lipinski definition) is 7. The van der Waals surface area contributed by atoms with E-state index in [1.165, 1.54) is 11.3 Å². The molecule has 1 amide bonds. The average Bonchev–Trinajstić information content (AvgIpc) is 3.31. The van der Waals surface area contributed by atoms with Crippen molar-refractivity contribution in [1.82, 2.24) is 20.4 Å². The summed E-state index contributed by atoms with van der Waals surface area (Å²) >= 11 is 1.34. The van der Waals surface area contributed by atoms with Crippen LogP contribution < -0.4 is 5.32 Å². The van der Waals surface area contributed by atoms with Gasteiger partial charge < -0.3 is 14.3 Å². The van der Waals surface area contributed by atoms with Crippen molar-refractivity contribution in [2.24, 2.45) is 0 Å². The molecule has 0 radical (unpaired) electrons. The largest absolute Gasteiger partial charge is 0.459 e. The highest BCUT2D eigenvalue weighted by Crippen LogP contribution is 2.29. The highest BCUT2D eigenvalue weighted by molar-refractivity contribution is 7.17. The second kappa shape index (κ2) is 7.82. The molecule has 1 N–H and O–H groups in total. The van der Waals surface area contributed by atoms with Gasteiger partial charge in [0.2, 0.25) is 5.89 Å². The Bertz CT molecular complexity index is 894. The van der Waals surface area contributed by atoms with Crippen LogP contribution in [-0.4, -0.2) is 27.6 Å². The summed E-state index contributed by atoms with van der Waals surface area (Å²) in [4.78, 5) is 21.8. The number of nitrogens with one attached hydrogen (secondary N) is 1. The van der Waals surface area contributed by atoms with E-state index < -0.39 is 0 Å². The van der Waals surface area contributed by atoms with Crippen LogP contribution >= 0.6 is 11.3 Å². The summed E-state index contributed by atoms with van der Waals surface area (Å²) in [5.41, 5.74) is 0.704. The normalized spacial score (nSPS) is 11.3. The van der Waals surface area contributed by atoms with E-state index in [9.17, 15) is 4.79 Å². The van der Waals surface area contributed by atoms with Gasteiger partial charge in [-0.1, -0.05) is 19.0 Å². The maximum atomic E-state index is 12.4. The van der Waals surface area contributed by atoms with E-state index in [4.69, 9.17) is 8.94 Å². The van der Waals surface area contributed by atoms with Crippen molar-refractivity contribution in [3.63, 3.8) is 0 Å². The Balaban J connectivity index is 1.52. The van der Waals surface area contributed by atoms with E-state index in [0.29, 0.717) is 46.0 Å². The van der Waals surface area contributed by atoms with Crippen LogP contribution in [0.25, 0.3) is 10.8 Å². The summed E-state index contributed by atoms with van der Waals surface area (Å²) in [5.74, 6) is 2.95. The van der Waals surface area contributed by atoms with Gasteiger partial charge in [-0.05, 0) is 32.4 Å². The summed E-state index contributed by atoms with van der Waals surface area (Å²) in [7, 11) is 0. The second-order valence-corrected chi connectivity index (χ2v) is 7.40. The van der Waals surface area contributed by atoms with Crippen molar-refractivity contribution in [3.05, 3.63) is 40.2 Å². The van der Waals surface area contributed by atoms with Gasteiger partial charge in [-0.2, -0.15) is 4.98 Å². The quantitative estimate of drug-likeness (QED) is 0.631. The van der Waals surface area contributed by atoms with Gasteiger partial charge in [0, 0.05) is 18.9 Å². The molecule has 0 atom stereocenters. The van der Waals surface area contributed by atoms with E-state index >= 15 is 0 Å². The number of amides is 1. The Kier molecular flexibility index (Phi) is 5.51. The fourth-order valence-electron chi connectivity index (χ4n) is 2.39. The Labute approximate surface area is 155 Å². The van der Waals surface area contributed by atoms with Gasteiger partial charge in [-0.15, -0.1) is 11.3 Å². The molecule has 0 saturated heterocycles. The standard InChI is InChI=1S/C18H22N4O3S/c1-10(2)16-21-14(25-22-16)6-5-9-19-17(23)15-12(4)20-18(26-15)13-8-7-11(3)24-13/h7-8,10H,5-6,9H2,1-4H3,(H,19,23). The molecular weight excluding hydrogens is 352 g/mol. The Morgan fingerprint density at radius 1 is 1.27 bits per heavy atom. The molecule has 0 aliphatic heterocycles. The summed E-state index contributed by atoms with van der Waals surface area (Å²) in [6, 6.07) is 3.75. The summed E-state index contributed by atoms with van der Waals surface area (Å²) in [6.07, 6.45) is 1.37. The third-order valence-corrected chi connectivity index (χ3v) is 4.98. The van der Waals surface area contributed by atoms with Crippen LogP contribution in [0.4, 0.5) is 0 Å². The number of rotatable bonds is 7. The summed E-state index contributed by atoms with van der Waals surface area (Å²) in [5, 5.41) is 7.57. The van der Waals surface area contributed by atoms with Gasteiger partial charge >= 0.3 is 0 Å². The average molecular weight is 374 g/mol. The van der Waals surface area contributed by atoms with Crippen molar-refractivity contribution in [1.29, 1.82) is 0 Å². The van der Waals surface area contributed by atoms with E-state index in [-0.39, 0.29) is 11.8 Å². The maximum Gasteiger partial charge on any atom is 0.263 e. The number of thiazole rings is 1. The van der Waals surface area contributed by atoms with E-state index in [1.54, 1.807) is 0 Å². The van der Waals surface area contributed by atoms with Crippen LogP contribution in [0.1, 0.15) is 59.0 Å². The number of aryl methyl sites for hydroxylation is 3. The minimum Gasteiger partial charge on any atom is -0.459 e. The number of carbonyl (C=O) groups is 1. The number of hydrogen-bond donors (Lipinski definition) is 1. The molecule has 3 heterocycles. The minimum absolute atomic E-state index is 0.122. The molecule has 3 aromatic rings. The van der Waals surface area contributed by atoms with Crippen molar-refractivity contribution in [3.8, 4) is 10.8 Å². The number of furan rings is 1. The van der Waals surface area contributed by atoms with E-state index in [2.05, 4.69) is 20.4 Å². The first kappa shape index (κ1) is 18.3. The van der Waals surface area contributed by atoms with Crippen molar-refractivity contribution >= 4 is 17.2 Å². The van der Waals surface area contributed by atoms with Crippen LogP contribution in [-0.2, 0) is 6.42 Å². The first-order valence-corrected chi connectivity index (χ1v) is 9.40. The lowest BCUT2D eigenvalue weighted by molar-refractivity contribution is 0.0956. The molecule has 3 rings (SSSR count). The lowest BCUT2D eigenvalue weighted by Crippen LogP contribution is -2.24. The minimum atomic E-state index is -0.122. The zero-order chi connectivity index (χ0) is 18.7. The molecule has 0 aromatic carbocycles. The molecule has 0 fully saturated rings. The van der Waals surface area contributed by atoms with E-state index in [1.807, 2.05) is 39.8 Å². The fraction of sp³-hybridized carbons (Fsp3) is 0.444. The molecule has 7 nitrogen and oxygen atoms in total. The third kappa shape index (κ3) is 4.19. The molecule has 3 aromatic heterocycles. The van der Waals surface area contributed by atoms with Crippen LogP contribution in [0.3, 0.4) is 0 Å². The molecule has 0 aliphatic carbocycles. The molecule has 26 heavy (non-hydrogen) atoms. The van der Waals surface area contributed by atoms with Gasteiger partial charge in [0.05, 0.1) is 5.69 Å². The molecule has 0 unspecified atom stereocenters. The zero-order valence-corrected chi connectivity index (χ0v) is 16.1. The first-order chi connectivity index (χ1) is 12.4. The summed E-state index contributed by atoms with van der Waals surface area (Å²) < 4.78 is 10.8. The predicted octanol–water partition coefficient (Wildman–Crippen LogP) is 3.89. The molecule has 0 bridgehead atoms. The Hall–Kier alpha value is -2.48. The maximum absolute atomic E-state index is 12.4. The second-order valence-electron chi connectivity index (χ2n) is 6.40. The Morgan fingerprint density at radius 3 is 2.73 bits per heavy atom. The lowest BCUT2D eigenvalue weighted by atomic mass is 10.2. The van der Waals surface area contributed by atoms with Crippen molar-refractivity contribution in [2.45, 2.75) is 46.5 Å². The molecule has 138 valence electrons. The van der Waals surface area contributed by atoms with Crippen LogP contribution in [0, 0.1) is 13.8 Å². The molecular formula is C18H22N4O3S. The van der Waals surface area contributed by atoms with Gasteiger partial charge in [-0.25, -0.2) is 4.98 Å². The van der Waals surface area contributed by atoms with E-state index in [0.717, 1.165) is 12.2 Å². The molecule has 8 heteroatoms. The van der Waals surface area contributed by atoms with Crippen molar-refractivity contribution < 1.29 is 13.7 Å². The predicted molar refractivity (Wildman–Crippen MR) is 98.3 cm³/mol. The van der Waals surface area contributed by atoms with Crippen LogP contribution in [0.2, 0.25) is 0 Å². The van der Waals surface area contributed by atoms with Crippen molar-refractivity contribution in [2.75, 3.05) is 6.54 Å². The molecule has 0 aliphatic rings. The highest BCUT2D eigenvalue weighted by atomic mass is 32.1. The van der Waals surface area contributed by atoms with Crippen LogP contribution in [0.15, 0.2) is 21.1 Å². The van der Waals surface area contributed by atoms with Gasteiger partial charge in [0.15, 0.2) is 16.6 Å². The fourth-order valence-corrected chi connectivity index (χ4v) is 3.33. The van der Waals surface area contributed by atoms with Gasteiger partial charge in [0.1, 0.15) is 10.6 Å². The zero-order valence-electron chi connectivity index (χ0n) is 15.3. The topological polar surface area (TPSA) is 94.1 Å². The smallest absolute Gasteiger partial charge is 0.263 e. The first-order valence-electron chi connectivity index (χ1n) is 8.59.